The Morgan fingerprint density at radius 3 is 2.10 bits per heavy atom. The zero-order valence-electron chi connectivity index (χ0n) is 10.8. The van der Waals surface area contributed by atoms with Crippen LogP contribution in [0.3, 0.4) is 0 Å². The number of ether oxygens (including phenoxy) is 2. The number of hydrogen-bond acceptors (Lipinski definition) is 3. The average molecular weight is 296 g/mol. The molecule has 0 N–H and O–H groups in total. The molecule has 0 aliphatic carbocycles. The van der Waals surface area contributed by atoms with Crippen molar-refractivity contribution >= 4 is 5.97 Å². The second-order valence-corrected chi connectivity index (χ2v) is 4.16. The lowest BCUT2D eigenvalue weighted by Crippen LogP contribution is -2.17. The maximum Gasteiger partial charge on any atom is 0.573 e. The summed E-state index contributed by atoms with van der Waals surface area (Å²) in [6.45, 7) is 0. The van der Waals surface area contributed by atoms with Gasteiger partial charge in [-0.25, -0.2) is 0 Å². The van der Waals surface area contributed by atoms with E-state index in [1.54, 1.807) is 30.3 Å². The number of benzene rings is 2. The molecule has 0 atom stereocenters. The topological polar surface area (TPSA) is 35.5 Å². The van der Waals surface area contributed by atoms with Crippen LogP contribution < -0.4 is 9.47 Å². The summed E-state index contributed by atoms with van der Waals surface area (Å²) in [7, 11) is 0. The first-order valence-electron chi connectivity index (χ1n) is 6.03. The number of carbonyl (C=O) groups is 1. The summed E-state index contributed by atoms with van der Waals surface area (Å²) in [6, 6.07) is 13.6. The molecule has 0 amide bonds. The van der Waals surface area contributed by atoms with Gasteiger partial charge in [-0.05, 0) is 29.8 Å². The highest BCUT2D eigenvalue weighted by molar-refractivity contribution is 5.75. The smallest absolute Gasteiger partial charge is 0.426 e. The average Bonchev–Trinajstić information content (AvgIpc) is 2.40. The molecule has 0 saturated heterocycles. The van der Waals surface area contributed by atoms with E-state index in [2.05, 4.69) is 4.74 Å². The molecule has 110 valence electrons. The fourth-order valence-corrected chi connectivity index (χ4v) is 1.63. The minimum Gasteiger partial charge on any atom is -0.426 e. The van der Waals surface area contributed by atoms with Gasteiger partial charge in [0.15, 0.2) is 0 Å². The van der Waals surface area contributed by atoms with E-state index in [0.717, 1.165) is 12.1 Å². The van der Waals surface area contributed by atoms with E-state index >= 15 is 0 Å². The van der Waals surface area contributed by atoms with Crippen molar-refractivity contribution in [2.75, 3.05) is 0 Å². The largest absolute Gasteiger partial charge is 0.573 e. The second-order valence-electron chi connectivity index (χ2n) is 4.16. The van der Waals surface area contributed by atoms with Crippen molar-refractivity contribution < 1.29 is 27.4 Å². The summed E-state index contributed by atoms with van der Waals surface area (Å²) in [6.07, 6.45) is -4.77. The van der Waals surface area contributed by atoms with Crippen LogP contribution >= 0.6 is 0 Å². The van der Waals surface area contributed by atoms with Crippen molar-refractivity contribution in [1.82, 2.24) is 0 Å². The van der Waals surface area contributed by atoms with Crippen LogP contribution in [0, 0.1) is 0 Å². The number of alkyl halides is 3. The van der Waals surface area contributed by atoms with E-state index in [4.69, 9.17) is 4.74 Å². The van der Waals surface area contributed by atoms with Crippen molar-refractivity contribution in [1.29, 1.82) is 0 Å². The molecule has 0 aliphatic rings. The molecule has 0 aromatic heterocycles. The van der Waals surface area contributed by atoms with E-state index in [9.17, 15) is 18.0 Å². The first kappa shape index (κ1) is 14.9. The molecule has 0 unspecified atom stereocenters. The van der Waals surface area contributed by atoms with Gasteiger partial charge in [0.1, 0.15) is 11.5 Å². The summed E-state index contributed by atoms with van der Waals surface area (Å²) < 4.78 is 44.8. The lowest BCUT2D eigenvalue weighted by Gasteiger charge is -2.09. The molecule has 0 saturated carbocycles. The van der Waals surface area contributed by atoms with Crippen molar-refractivity contribution in [3.8, 4) is 11.5 Å². The first-order chi connectivity index (χ1) is 9.92. The SMILES string of the molecule is O=C(Cc1ccc(OC(F)(F)F)cc1)Oc1ccccc1. The zero-order chi connectivity index (χ0) is 15.3. The summed E-state index contributed by atoms with van der Waals surface area (Å²) >= 11 is 0. The molecule has 0 aliphatic heterocycles. The number of esters is 1. The van der Waals surface area contributed by atoms with Crippen molar-refractivity contribution in [3.63, 3.8) is 0 Å². The molecule has 2 aromatic carbocycles. The van der Waals surface area contributed by atoms with Gasteiger partial charge in [-0.2, -0.15) is 0 Å². The fourth-order valence-electron chi connectivity index (χ4n) is 1.63. The number of para-hydroxylation sites is 1. The van der Waals surface area contributed by atoms with E-state index in [1.165, 1.54) is 12.1 Å². The molecule has 0 fully saturated rings. The van der Waals surface area contributed by atoms with Crippen LogP contribution in [0.1, 0.15) is 5.56 Å². The predicted octanol–water partition coefficient (Wildman–Crippen LogP) is 3.73. The molecular weight excluding hydrogens is 285 g/mol. The van der Waals surface area contributed by atoms with Crippen LogP contribution in [0.4, 0.5) is 13.2 Å². The summed E-state index contributed by atoms with van der Waals surface area (Å²) in [5.41, 5.74) is 0.533. The predicted molar refractivity (Wildman–Crippen MR) is 68.9 cm³/mol. The highest BCUT2D eigenvalue weighted by Crippen LogP contribution is 2.23. The fraction of sp³-hybridized carbons (Fsp3) is 0.133. The second kappa shape index (κ2) is 6.30. The van der Waals surface area contributed by atoms with Crippen LogP contribution in [0.15, 0.2) is 54.6 Å². The van der Waals surface area contributed by atoms with Gasteiger partial charge in [0, 0.05) is 0 Å². The van der Waals surface area contributed by atoms with Gasteiger partial charge in [-0.1, -0.05) is 30.3 Å². The van der Waals surface area contributed by atoms with Crippen LogP contribution in [-0.4, -0.2) is 12.3 Å². The number of carbonyl (C=O) groups excluding carboxylic acids is 1. The molecule has 0 radical (unpaired) electrons. The number of hydrogen-bond donors (Lipinski definition) is 0. The maximum atomic E-state index is 12.0. The van der Waals surface area contributed by atoms with E-state index in [-0.39, 0.29) is 12.2 Å². The summed E-state index contributed by atoms with van der Waals surface area (Å²) in [4.78, 5) is 11.7. The molecule has 0 spiro atoms. The van der Waals surface area contributed by atoms with Gasteiger partial charge in [-0.3, -0.25) is 4.79 Å². The molecule has 6 heteroatoms. The van der Waals surface area contributed by atoms with Crippen LogP contribution in [0.2, 0.25) is 0 Å². The van der Waals surface area contributed by atoms with Crippen LogP contribution in [-0.2, 0) is 11.2 Å². The Morgan fingerprint density at radius 2 is 1.52 bits per heavy atom. The Bertz CT molecular complexity index is 592. The Morgan fingerprint density at radius 1 is 0.905 bits per heavy atom. The Kier molecular flexibility index (Phi) is 4.47. The van der Waals surface area contributed by atoms with Crippen molar-refractivity contribution in [2.24, 2.45) is 0 Å². The molecule has 21 heavy (non-hydrogen) atoms. The Labute approximate surface area is 118 Å². The molecular formula is C15H11F3O3. The highest BCUT2D eigenvalue weighted by atomic mass is 19.4. The Balaban J connectivity index is 1.92. The van der Waals surface area contributed by atoms with Gasteiger partial charge in [0.05, 0.1) is 6.42 Å². The normalized spacial score (nSPS) is 11.0. The van der Waals surface area contributed by atoms with Gasteiger partial charge < -0.3 is 9.47 Å². The minimum atomic E-state index is -4.73. The van der Waals surface area contributed by atoms with E-state index in [1.807, 2.05) is 0 Å². The third-order valence-corrected chi connectivity index (χ3v) is 2.48. The summed E-state index contributed by atoms with van der Waals surface area (Å²) in [5, 5.41) is 0. The number of halogens is 3. The standard InChI is InChI=1S/C15H11F3O3/c16-15(17,18)21-13-8-6-11(7-9-13)10-14(19)20-12-4-2-1-3-5-12/h1-9H,10H2. The van der Waals surface area contributed by atoms with Gasteiger partial charge >= 0.3 is 12.3 Å². The molecule has 2 rings (SSSR count). The van der Waals surface area contributed by atoms with E-state index in [0.29, 0.717) is 11.3 Å². The van der Waals surface area contributed by atoms with Crippen molar-refractivity contribution in [2.45, 2.75) is 12.8 Å². The van der Waals surface area contributed by atoms with Gasteiger partial charge in [-0.15, -0.1) is 13.2 Å². The summed E-state index contributed by atoms with van der Waals surface area (Å²) in [5.74, 6) is -0.409. The highest BCUT2D eigenvalue weighted by Gasteiger charge is 2.30. The monoisotopic (exact) mass is 296 g/mol. The van der Waals surface area contributed by atoms with Crippen molar-refractivity contribution in [3.05, 3.63) is 60.2 Å². The number of rotatable bonds is 4. The molecule has 2 aromatic rings. The van der Waals surface area contributed by atoms with Crippen LogP contribution in [0.25, 0.3) is 0 Å². The molecule has 0 heterocycles. The minimum absolute atomic E-state index is 0.0405. The first-order valence-corrected chi connectivity index (χ1v) is 6.03. The quantitative estimate of drug-likeness (QED) is 0.637. The third kappa shape index (κ3) is 5.18. The lowest BCUT2D eigenvalue weighted by atomic mass is 10.1. The van der Waals surface area contributed by atoms with Gasteiger partial charge in [0.25, 0.3) is 0 Å². The van der Waals surface area contributed by atoms with Crippen LogP contribution in [0.5, 0.6) is 11.5 Å². The third-order valence-electron chi connectivity index (χ3n) is 2.48. The van der Waals surface area contributed by atoms with Gasteiger partial charge in [0.2, 0.25) is 0 Å². The Hall–Kier alpha value is -2.50. The maximum absolute atomic E-state index is 12.0. The molecule has 0 bridgehead atoms. The molecule has 3 nitrogen and oxygen atoms in total. The zero-order valence-corrected chi connectivity index (χ0v) is 10.8. The van der Waals surface area contributed by atoms with E-state index < -0.39 is 12.3 Å². The lowest BCUT2D eigenvalue weighted by molar-refractivity contribution is -0.274.